The summed E-state index contributed by atoms with van der Waals surface area (Å²) >= 11 is 0. The van der Waals surface area contributed by atoms with E-state index >= 15 is 0 Å². The monoisotopic (exact) mass is 290 g/mol. The molecule has 3 N–H and O–H groups in total. The molecule has 1 amide bonds. The van der Waals surface area contributed by atoms with E-state index in [0.717, 1.165) is 5.56 Å². The summed E-state index contributed by atoms with van der Waals surface area (Å²) in [7, 11) is 0. The van der Waals surface area contributed by atoms with Crippen molar-refractivity contribution >= 4 is 23.6 Å². The van der Waals surface area contributed by atoms with Crippen molar-refractivity contribution in [3.8, 4) is 0 Å². The molecule has 0 fully saturated rings. The van der Waals surface area contributed by atoms with E-state index in [9.17, 15) is 9.59 Å². The molecule has 5 heteroatoms. The van der Waals surface area contributed by atoms with Gasteiger partial charge in [-0.25, -0.2) is 0 Å². The second-order valence-corrected chi connectivity index (χ2v) is 5.80. The fourth-order valence-electron chi connectivity index (χ4n) is 1.85. The van der Waals surface area contributed by atoms with Gasteiger partial charge in [-0.05, 0) is 44.5 Å². The zero-order chi connectivity index (χ0) is 16.0. The number of carboxylic acid groups (broad SMARTS) is 1. The summed E-state index contributed by atoms with van der Waals surface area (Å²) in [5, 5.41) is 8.78. The van der Waals surface area contributed by atoms with Crippen LogP contribution in [0, 0.1) is 0 Å². The van der Waals surface area contributed by atoms with E-state index in [0.29, 0.717) is 5.69 Å². The molecule has 0 aliphatic rings. The van der Waals surface area contributed by atoms with Crippen LogP contribution in [0.3, 0.4) is 0 Å². The molecule has 0 aromatic heterocycles. The van der Waals surface area contributed by atoms with Crippen molar-refractivity contribution in [2.45, 2.75) is 32.7 Å². The number of hydrogen-bond donors (Lipinski definition) is 2. The van der Waals surface area contributed by atoms with Gasteiger partial charge in [0, 0.05) is 23.8 Å². The van der Waals surface area contributed by atoms with E-state index in [4.69, 9.17) is 10.8 Å². The van der Waals surface area contributed by atoms with Crippen molar-refractivity contribution < 1.29 is 14.7 Å². The minimum atomic E-state index is -0.917. The van der Waals surface area contributed by atoms with Gasteiger partial charge in [-0.1, -0.05) is 12.1 Å². The maximum Gasteiger partial charge on any atom is 0.305 e. The molecular weight excluding hydrogens is 268 g/mol. The van der Waals surface area contributed by atoms with Crippen LogP contribution in [0.1, 0.15) is 32.8 Å². The van der Waals surface area contributed by atoms with Crippen molar-refractivity contribution in [3.63, 3.8) is 0 Å². The van der Waals surface area contributed by atoms with Crippen LogP contribution in [0.25, 0.3) is 6.08 Å². The number of nitrogens with zero attached hydrogens (tertiary/aromatic N) is 1. The number of benzene rings is 1. The molecule has 0 atom stereocenters. The van der Waals surface area contributed by atoms with Gasteiger partial charge < -0.3 is 15.7 Å². The van der Waals surface area contributed by atoms with Gasteiger partial charge in [0.15, 0.2) is 0 Å². The average molecular weight is 290 g/mol. The Bertz CT molecular complexity index is 527. The van der Waals surface area contributed by atoms with Crippen LogP contribution >= 0.6 is 0 Å². The standard InChI is InChI=1S/C16H22N2O3/c1-16(2,3)18(11-10-15(20)21)14(19)9-6-12-4-7-13(17)8-5-12/h4-9H,10-11,17H2,1-3H3,(H,20,21)/b9-6+. The third-order valence-electron chi connectivity index (χ3n) is 2.98. The van der Waals surface area contributed by atoms with E-state index in [1.807, 2.05) is 32.9 Å². The van der Waals surface area contributed by atoms with Gasteiger partial charge in [0.2, 0.25) is 5.91 Å². The molecule has 0 unspecified atom stereocenters. The lowest BCUT2D eigenvalue weighted by atomic mass is 10.1. The first-order valence-corrected chi connectivity index (χ1v) is 6.77. The van der Waals surface area contributed by atoms with Crippen molar-refractivity contribution in [2.24, 2.45) is 0 Å². The van der Waals surface area contributed by atoms with Crippen molar-refractivity contribution in [2.75, 3.05) is 12.3 Å². The first-order valence-electron chi connectivity index (χ1n) is 6.77. The number of amides is 1. The summed E-state index contributed by atoms with van der Waals surface area (Å²) in [5.41, 5.74) is 6.70. The summed E-state index contributed by atoms with van der Waals surface area (Å²) in [6.45, 7) is 5.82. The largest absolute Gasteiger partial charge is 0.481 e. The van der Waals surface area contributed by atoms with Gasteiger partial charge in [-0.15, -0.1) is 0 Å². The Morgan fingerprint density at radius 1 is 1.24 bits per heavy atom. The smallest absolute Gasteiger partial charge is 0.305 e. The second kappa shape index (κ2) is 6.92. The second-order valence-electron chi connectivity index (χ2n) is 5.80. The van der Waals surface area contributed by atoms with Gasteiger partial charge in [0.1, 0.15) is 0 Å². The maximum atomic E-state index is 12.3. The topological polar surface area (TPSA) is 83.6 Å². The van der Waals surface area contributed by atoms with E-state index < -0.39 is 11.5 Å². The SMILES string of the molecule is CC(C)(C)N(CCC(=O)O)C(=O)/C=C/c1ccc(N)cc1. The number of hydrogen-bond acceptors (Lipinski definition) is 3. The van der Waals surface area contributed by atoms with E-state index in [-0.39, 0.29) is 18.9 Å². The molecule has 0 saturated carbocycles. The highest BCUT2D eigenvalue weighted by atomic mass is 16.4. The van der Waals surface area contributed by atoms with E-state index in [1.54, 1.807) is 23.1 Å². The van der Waals surface area contributed by atoms with Gasteiger partial charge in [-0.3, -0.25) is 9.59 Å². The predicted octanol–water partition coefficient (Wildman–Crippen LogP) is 2.38. The normalized spacial score (nSPS) is 11.6. The third kappa shape index (κ3) is 5.69. The molecule has 0 radical (unpaired) electrons. The van der Waals surface area contributed by atoms with Crippen LogP contribution in [0.2, 0.25) is 0 Å². The van der Waals surface area contributed by atoms with E-state index in [2.05, 4.69) is 0 Å². The Hall–Kier alpha value is -2.30. The van der Waals surface area contributed by atoms with Crippen LogP contribution in [0.4, 0.5) is 5.69 Å². The first kappa shape index (κ1) is 16.8. The summed E-state index contributed by atoms with van der Waals surface area (Å²) in [6.07, 6.45) is 3.08. The number of anilines is 1. The van der Waals surface area contributed by atoms with E-state index in [1.165, 1.54) is 6.08 Å². The third-order valence-corrected chi connectivity index (χ3v) is 2.98. The summed E-state index contributed by atoms with van der Waals surface area (Å²) in [4.78, 5) is 24.5. The quantitative estimate of drug-likeness (QED) is 0.644. The Morgan fingerprint density at radius 3 is 2.29 bits per heavy atom. The Kier molecular flexibility index (Phi) is 5.52. The van der Waals surface area contributed by atoms with Crippen molar-refractivity contribution in [1.29, 1.82) is 0 Å². The van der Waals surface area contributed by atoms with Gasteiger partial charge >= 0.3 is 5.97 Å². The lowest BCUT2D eigenvalue weighted by Gasteiger charge is -2.34. The fourth-order valence-corrected chi connectivity index (χ4v) is 1.85. The average Bonchev–Trinajstić information content (AvgIpc) is 2.36. The zero-order valence-electron chi connectivity index (χ0n) is 12.7. The van der Waals surface area contributed by atoms with Crippen molar-refractivity contribution in [3.05, 3.63) is 35.9 Å². The molecule has 0 saturated heterocycles. The number of carbonyl (C=O) groups excluding carboxylic acids is 1. The van der Waals surface area contributed by atoms with Crippen LogP contribution in [0.5, 0.6) is 0 Å². The number of aliphatic carboxylic acids is 1. The lowest BCUT2D eigenvalue weighted by Crippen LogP contribution is -2.45. The number of nitrogens with two attached hydrogens (primary N) is 1. The molecule has 0 aliphatic heterocycles. The number of nitrogen functional groups attached to an aromatic ring is 1. The molecule has 1 aromatic carbocycles. The number of rotatable bonds is 5. The molecule has 0 heterocycles. The molecule has 1 rings (SSSR count). The first-order chi connectivity index (χ1) is 9.70. The highest BCUT2D eigenvalue weighted by molar-refractivity contribution is 5.92. The molecule has 114 valence electrons. The minimum Gasteiger partial charge on any atom is -0.481 e. The van der Waals surface area contributed by atoms with Crippen molar-refractivity contribution in [1.82, 2.24) is 4.90 Å². The Morgan fingerprint density at radius 2 is 1.81 bits per heavy atom. The van der Waals surface area contributed by atoms with Gasteiger partial charge in [0.05, 0.1) is 6.42 Å². The molecule has 1 aromatic rings. The molecule has 21 heavy (non-hydrogen) atoms. The summed E-state index contributed by atoms with van der Waals surface area (Å²) < 4.78 is 0. The van der Waals surface area contributed by atoms with Gasteiger partial charge in [-0.2, -0.15) is 0 Å². The van der Waals surface area contributed by atoms with Crippen LogP contribution in [0.15, 0.2) is 30.3 Å². The minimum absolute atomic E-state index is 0.0707. The predicted molar refractivity (Wildman–Crippen MR) is 83.6 cm³/mol. The molecule has 0 bridgehead atoms. The van der Waals surface area contributed by atoms with Gasteiger partial charge in [0.25, 0.3) is 0 Å². The highest BCUT2D eigenvalue weighted by Crippen LogP contribution is 2.15. The number of carboxylic acids is 1. The Labute approximate surface area is 125 Å². The highest BCUT2D eigenvalue weighted by Gasteiger charge is 2.25. The molecule has 0 spiro atoms. The zero-order valence-corrected chi connectivity index (χ0v) is 12.7. The maximum absolute atomic E-state index is 12.3. The Balaban J connectivity index is 2.80. The van der Waals surface area contributed by atoms with Crippen LogP contribution in [-0.2, 0) is 9.59 Å². The number of carbonyl (C=O) groups is 2. The molecular formula is C16H22N2O3. The molecule has 0 aliphatic carbocycles. The fraction of sp³-hybridized carbons (Fsp3) is 0.375. The summed E-state index contributed by atoms with van der Waals surface area (Å²) in [6, 6.07) is 7.15. The lowest BCUT2D eigenvalue weighted by molar-refractivity contribution is -0.139. The molecule has 5 nitrogen and oxygen atoms in total. The van der Waals surface area contributed by atoms with Crippen LogP contribution in [-0.4, -0.2) is 34.0 Å². The van der Waals surface area contributed by atoms with Crippen LogP contribution < -0.4 is 5.73 Å². The summed E-state index contributed by atoms with van der Waals surface area (Å²) in [5.74, 6) is -1.12.